The Bertz CT molecular complexity index is 767. The second-order valence-electron chi connectivity index (χ2n) is 6.40. The Balaban J connectivity index is 1.55. The third-order valence-corrected chi connectivity index (χ3v) is 5.88. The van der Waals surface area contributed by atoms with Gasteiger partial charge >= 0.3 is 0 Å². The van der Waals surface area contributed by atoms with Crippen LogP contribution in [-0.4, -0.2) is 43.9 Å². The summed E-state index contributed by atoms with van der Waals surface area (Å²) in [5.41, 5.74) is 0. The molecule has 1 atom stereocenters. The number of piperidine rings is 1. The maximum atomic E-state index is 12.5. The van der Waals surface area contributed by atoms with Gasteiger partial charge < -0.3 is 14.2 Å². The largest absolute Gasteiger partial charge is 0.484 e. The number of hydrogen-bond donors (Lipinski definition) is 0. The molecule has 1 amide bonds. The second kappa shape index (κ2) is 8.77. The lowest BCUT2D eigenvalue weighted by molar-refractivity contribution is -0.131. The van der Waals surface area contributed by atoms with Gasteiger partial charge in [0.1, 0.15) is 12.4 Å². The van der Waals surface area contributed by atoms with Crippen LogP contribution in [0, 0.1) is 0 Å². The fourth-order valence-electron chi connectivity index (χ4n) is 2.98. The number of hydrogen-bond acceptors (Lipinski definition) is 5. The first-order chi connectivity index (χ1) is 12.6. The van der Waals surface area contributed by atoms with Crippen LogP contribution >= 0.6 is 23.4 Å². The van der Waals surface area contributed by atoms with Crippen molar-refractivity contribution in [2.45, 2.75) is 44.0 Å². The van der Waals surface area contributed by atoms with E-state index in [-0.39, 0.29) is 12.5 Å². The smallest absolute Gasteiger partial charge is 0.233 e. The van der Waals surface area contributed by atoms with Crippen LogP contribution in [0.25, 0.3) is 0 Å². The minimum Gasteiger partial charge on any atom is -0.484 e. The van der Waals surface area contributed by atoms with Gasteiger partial charge in [-0.2, -0.15) is 0 Å². The van der Waals surface area contributed by atoms with Gasteiger partial charge in [0.25, 0.3) is 0 Å². The van der Waals surface area contributed by atoms with Crippen LogP contribution in [-0.2, 0) is 18.4 Å². The van der Waals surface area contributed by atoms with Gasteiger partial charge in [-0.05, 0) is 38.3 Å². The van der Waals surface area contributed by atoms with E-state index in [9.17, 15) is 4.79 Å². The number of rotatable bonds is 6. The Morgan fingerprint density at radius 3 is 2.92 bits per heavy atom. The number of ether oxygens (including phenoxy) is 1. The number of halogens is 1. The molecule has 1 unspecified atom stereocenters. The van der Waals surface area contributed by atoms with E-state index in [0.29, 0.717) is 33.5 Å². The SMILES string of the molecule is CC1CCCCN1C(=O)CSc1nnc(COc2ccccc2Cl)n1C. The predicted molar refractivity (Wildman–Crippen MR) is 103 cm³/mol. The van der Waals surface area contributed by atoms with Crippen molar-refractivity contribution in [1.82, 2.24) is 19.7 Å². The minimum atomic E-state index is 0.166. The fraction of sp³-hybridized carbons (Fsp3) is 0.500. The molecule has 1 saturated heterocycles. The molecule has 1 aromatic heterocycles. The number of nitrogens with zero attached hydrogens (tertiary/aromatic N) is 4. The van der Waals surface area contributed by atoms with Crippen LogP contribution in [0.4, 0.5) is 0 Å². The van der Waals surface area contributed by atoms with Crippen molar-refractivity contribution in [3.63, 3.8) is 0 Å². The second-order valence-corrected chi connectivity index (χ2v) is 7.75. The van der Waals surface area contributed by atoms with Gasteiger partial charge in [0.05, 0.1) is 10.8 Å². The first-order valence-corrected chi connectivity index (χ1v) is 10.1. The Labute approximate surface area is 162 Å². The maximum absolute atomic E-state index is 12.5. The molecule has 1 aliphatic heterocycles. The maximum Gasteiger partial charge on any atom is 0.233 e. The molecule has 8 heteroatoms. The lowest BCUT2D eigenvalue weighted by atomic mass is 10.0. The molecule has 6 nitrogen and oxygen atoms in total. The number of likely N-dealkylation sites (tertiary alicyclic amines) is 1. The molecule has 2 aromatic rings. The molecule has 0 radical (unpaired) electrons. The molecule has 1 aliphatic rings. The van der Waals surface area contributed by atoms with E-state index in [1.807, 2.05) is 34.7 Å². The van der Waals surface area contributed by atoms with Crippen LogP contribution in [0.5, 0.6) is 5.75 Å². The summed E-state index contributed by atoms with van der Waals surface area (Å²) in [6.45, 7) is 3.25. The number of para-hydroxylation sites is 1. The average molecular weight is 395 g/mol. The van der Waals surface area contributed by atoms with Crippen LogP contribution in [0.1, 0.15) is 32.0 Å². The zero-order valence-corrected chi connectivity index (χ0v) is 16.6. The Kier molecular flexibility index (Phi) is 6.43. The molecule has 1 aromatic carbocycles. The highest BCUT2D eigenvalue weighted by molar-refractivity contribution is 7.99. The average Bonchev–Trinajstić information content (AvgIpc) is 2.99. The summed E-state index contributed by atoms with van der Waals surface area (Å²) in [7, 11) is 1.88. The van der Waals surface area contributed by atoms with Gasteiger partial charge in [0.2, 0.25) is 5.91 Å². The van der Waals surface area contributed by atoms with Crippen molar-refractivity contribution in [1.29, 1.82) is 0 Å². The lowest BCUT2D eigenvalue weighted by Gasteiger charge is -2.33. The molecule has 0 bridgehead atoms. The summed E-state index contributed by atoms with van der Waals surface area (Å²) < 4.78 is 7.57. The molecule has 1 fully saturated rings. The molecule has 0 spiro atoms. The zero-order chi connectivity index (χ0) is 18.5. The molecule has 0 saturated carbocycles. The van der Waals surface area contributed by atoms with E-state index in [4.69, 9.17) is 16.3 Å². The van der Waals surface area contributed by atoms with Crippen molar-refractivity contribution >= 4 is 29.3 Å². The van der Waals surface area contributed by atoms with Gasteiger partial charge in [-0.1, -0.05) is 35.5 Å². The number of thioether (sulfide) groups is 1. The van der Waals surface area contributed by atoms with Gasteiger partial charge in [0, 0.05) is 19.6 Å². The number of benzene rings is 1. The Morgan fingerprint density at radius 2 is 2.15 bits per heavy atom. The summed E-state index contributed by atoms with van der Waals surface area (Å²) in [4.78, 5) is 14.4. The van der Waals surface area contributed by atoms with Crippen molar-refractivity contribution < 1.29 is 9.53 Å². The first kappa shape index (κ1) is 19.0. The van der Waals surface area contributed by atoms with Gasteiger partial charge in [0.15, 0.2) is 11.0 Å². The van der Waals surface area contributed by atoms with E-state index in [2.05, 4.69) is 17.1 Å². The molecule has 0 N–H and O–H groups in total. The standard InChI is InChI=1S/C18H23ClN4O2S/c1-13-7-5-6-10-23(13)17(24)12-26-18-21-20-16(22(18)2)11-25-15-9-4-3-8-14(15)19/h3-4,8-9,13H,5-7,10-12H2,1-2H3. The predicted octanol–water partition coefficient (Wildman–Crippen LogP) is 3.54. The summed E-state index contributed by atoms with van der Waals surface area (Å²) in [5, 5.41) is 9.61. The highest BCUT2D eigenvalue weighted by Gasteiger charge is 2.23. The molecule has 3 rings (SSSR count). The molecule has 2 heterocycles. The van der Waals surface area contributed by atoms with E-state index in [0.717, 1.165) is 19.4 Å². The van der Waals surface area contributed by atoms with Crippen molar-refractivity contribution in [2.75, 3.05) is 12.3 Å². The highest BCUT2D eigenvalue weighted by atomic mass is 35.5. The van der Waals surface area contributed by atoms with Crippen molar-refractivity contribution in [3.05, 3.63) is 35.1 Å². The van der Waals surface area contributed by atoms with E-state index < -0.39 is 0 Å². The highest BCUT2D eigenvalue weighted by Crippen LogP contribution is 2.25. The number of carbonyl (C=O) groups excluding carboxylic acids is 1. The third-order valence-electron chi connectivity index (χ3n) is 4.57. The Morgan fingerprint density at radius 1 is 1.35 bits per heavy atom. The normalized spacial score (nSPS) is 17.3. The van der Waals surface area contributed by atoms with Crippen molar-refractivity contribution in [2.24, 2.45) is 7.05 Å². The molecule has 26 heavy (non-hydrogen) atoms. The van der Waals surface area contributed by atoms with Gasteiger partial charge in [-0.3, -0.25) is 4.79 Å². The lowest BCUT2D eigenvalue weighted by Crippen LogP contribution is -2.42. The van der Waals surface area contributed by atoms with Crippen LogP contribution in [0.15, 0.2) is 29.4 Å². The topological polar surface area (TPSA) is 60.3 Å². The van der Waals surface area contributed by atoms with E-state index >= 15 is 0 Å². The fourth-order valence-corrected chi connectivity index (χ4v) is 3.98. The third kappa shape index (κ3) is 4.51. The monoisotopic (exact) mass is 394 g/mol. The van der Waals surface area contributed by atoms with E-state index in [1.165, 1.54) is 18.2 Å². The molecular formula is C18H23ClN4O2S. The van der Waals surface area contributed by atoms with Crippen LogP contribution in [0.3, 0.4) is 0 Å². The zero-order valence-electron chi connectivity index (χ0n) is 15.0. The Hall–Kier alpha value is -1.73. The van der Waals surface area contributed by atoms with Crippen LogP contribution in [0.2, 0.25) is 5.02 Å². The quantitative estimate of drug-likeness (QED) is 0.701. The molecule has 140 valence electrons. The van der Waals surface area contributed by atoms with Crippen molar-refractivity contribution in [3.8, 4) is 5.75 Å². The van der Waals surface area contributed by atoms with Crippen LogP contribution < -0.4 is 4.74 Å². The molecular weight excluding hydrogens is 372 g/mol. The number of carbonyl (C=O) groups is 1. The van der Waals surface area contributed by atoms with Gasteiger partial charge in [-0.15, -0.1) is 10.2 Å². The first-order valence-electron chi connectivity index (χ1n) is 8.74. The number of aromatic nitrogens is 3. The minimum absolute atomic E-state index is 0.166. The summed E-state index contributed by atoms with van der Waals surface area (Å²) in [5.74, 6) is 1.84. The summed E-state index contributed by atoms with van der Waals surface area (Å²) in [6.07, 6.45) is 3.38. The summed E-state index contributed by atoms with van der Waals surface area (Å²) >= 11 is 7.50. The van der Waals surface area contributed by atoms with E-state index in [1.54, 1.807) is 6.07 Å². The molecule has 0 aliphatic carbocycles. The van der Waals surface area contributed by atoms with Gasteiger partial charge in [-0.25, -0.2) is 0 Å². The summed E-state index contributed by atoms with van der Waals surface area (Å²) in [6, 6.07) is 7.64. The number of amides is 1.